The van der Waals surface area contributed by atoms with Crippen LogP contribution in [-0.4, -0.2) is 44.4 Å². The van der Waals surface area contributed by atoms with Crippen LogP contribution in [0.25, 0.3) is 5.69 Å². The molecule has 1 aromatic heterocycles. The number of hydrogen-bond acceptors (Lipinski definition) is 4. The number of aryl methyl sites for hydroxylation is 4. The number of carbonyl (C=O) groups is 1. The Morgan fingerprint density at radius 1 is 0.967 bits per heavy atom. The van der Waals surface area contributed by atoms with E-state index in [-0.39, 0.29) is 5.91 Å². The van der Waals surface area contributed by atoms with Crippen molar-refractivity contribution in [3.8, 4) is 5.69 Å². The molecule has 1 amide bonds. The molecule has 0 bridgehead atoms. The summed E-state index contributed by atoms with van der Waals surface area (Å²) in [7, 11) is 0. The van der Waals surface area contributed by atoms with E-state index in [0.717, 1.165) is 42.6 Å². The van der Waals surface area contributed by atoms with Crippen molar-refractivity contribution in [2.24, 2.45) is 0 Å². The lowest BCUT2D eigenvalue weighted by molar-refractivity contribution is -0.127. The molecule has 1 heterocycles. The Bertz CT molecular complexity index is 980. The van der Waals surface area contributed by atoms with Crippen molar-refractivity contribution in [3.05, 3.63) is 71.0 Å². The van der Waals surface area contributed by atoms with E-state index >= 15 is 0 Å². The van der Waals surface area contributed by atoms with Crippen LogP contribution in [0.15, 0.2) is 53.7 Å². The highest BCUT2D eigenvalue weighted by Crippen LogP contribution is 2.25. The summed E-state index contributed by atoms with van der Waals surface area (Å²) in [5.74, 6) is 1.41. The average Bonchev–Trinajstić information content (AvgIpc) is 3.17. The van der Waals surface area contributed by atoms with Gasteiger partial charge in [0, 0.05) is 25.2 Å². The van der Waals surface area contributed by atoms with Gasteiger partial charge in [0.2, 0.25) is 5.91 Å². The second kappa shape index (κ2) is 10.4. The number of thioether (sulfide) groups is 1. The standard InChI is InChI=1S/C24H30N4OS/c1-5-27(6-2)23(29)17-30-24-26-25-22(15-13-20-10-8-7-9-11-20)28(24)21-14-12-18(3)19(4)16-21/h7-12,14,16H,5-6,13,15,17H2,1-4H3. The predicted octanol–water partition coefficient (Wildman–Crippen LogP) is 4.63. The second-order valence-corrected chi connectivity index (χ2v) is 8.29. The SMILES string of the molecule is CCN(CC)C(=O)CSc1nnc(CCc2ccccc2)n1-c1ccc(C)c(C)c1. The summed E-state index contributed by atoms with van der Waals surface area (Å²) in [6.07, 6.45) is 1.68. The third-order valence-electron chi connectivity index (χ3n) is 5.37. The first-order valence-electron chi connectivity index (χ1n) is 10.5. The van der Waals surface area contributed by atoms with Gasteiger partial charge in [-0.2, -0.15) is 0 Å². The van der Waals surface area contributed by atoms with Crippen LogP contribution in [0.4, 0.5) is 0 Å². The second-order valence-electron chi connectivity index (χ2n) is 7.34. The van der Waals surface area contributed by atoms with Crippen molar-refractivity contribution < 1.29 is 4.79 Å². The predicted molar refractivity (Wildman–Crippen MR) is 123 cm³/mol. The molecule has 0 N–H and O–H groups in total. The minimum absolute atomic E-state index is 0.130. The van der Waals surface area contributed by atoms with Crippen LogP contribution in [0.2, 0.25) is 0 Å². The lowest BCUT2D eigenvalue weighted by Crippen LogP contribution is -2.31. The number of benzene rings is 2. The average molecular weight is 423 g/mol. The van der Waals surface area contributed by atoms with Gasteiger partial charge in [0.1, 0.15) is 5.82 Å². The molecule has 0 saturated heterocycles. The summed E-state index contributed by atoms with van der Waals surface area (Å²) in [6, 6.07) is 16.8. The van der Waals surface area contributed by atoms with Crippen LogP contribution in [-0.2, 0) is 17.6 Å². The number of rotatable bonds is 9. The van der Waals surface area contributed by atoms with Crippen LogP contribution >= 0.6 is 11.8 Å². The fourth-order valence-electron chi connectivity index (χ4n) is 3.37. The molecule has 0 aliphatic carbocycles. The molecule has 0 aliphatic rings. The van der Waals surface area contributed by atoms with Crippen LogP contribution < -0.4 is 0 Å². The highest BCUT2D eigenvalue weighted by Gasteiger charge is 2.18. The molecular formula is C24H30N4OS. The molecule has 5 nitrogen and oxygen atoms in total. The normalized spacial score (nSPS) is 10.9. The van der Waals surface area contributed by atoms with Gasteiger partial charge in [-0.25, -0.2) is 0 Å². The Morgan fingerprint density at radius 2 is 1.70 bits per heavy atom. The van der Waals surface area contributed by atoms with E-state index in [2.05, 4.69) is 71.1 Å². The summed E-state index contributed by atoms with van der Waals surface area (Å²) in [6.45, 7) is 9.68. The Hall–Kier alpha value is -2.60. The Kier molecular flexibility index (Phi) is 7.69. The van der Waals surface area contributed by atoms with Crippen molar-refractivity contribution in [3.63, 3.8) is 0 Å². The van der Waals surface area contributed by atoms with E-state index in [1.807, 2.05) is 24.8 Å². The van der Waals surface area contributed by atoms with Crippen LogP contribution in [0.1, 0.15) is 36.4 Å². The zero-order valence-electron chi connectivity index (χ0n) is 18.3. The summed E-state index contributed by atoms with van der Waals surface area (Å²) in [4.78, 5) is 14.3. The number of aromatic nitrogens is 3. The third-order valence-corrected chi connectivity index (χ3v) is 6.28. The summed E-state index contributed by atoms with van der Waals surface area (Å²) in [5.41, 5.74) is 4.80. The fourth-order valence-corrected chi connectivity index (χ4v) is 4.25. The van der Waals surface area contributed by atoms with E-state index in [4.69, 9.17) is 0 Å². The Balaban J connectivity index is 1.87. The van der Waals surface area contributed by atoms with Gasteiger partial charge in [0.15, 0.2) is 5.16 Å². The summed E-state index contributed by atoms with van der Waals surface area (Å²) in [5, 5.41) is 9.70. The molecule has 6 heteroatoms. The first-order valence-corrected chi connectivity index (χ1v) is 11.5. The van der Waals surface area contributed by atoms with Crippen molar-refractivity contribution in [1.29, 1.82) is 0 Å². The third kappa shape index (κ3) is 5.30. The molecule has 0 aliphatic heterocycles. The van der Waals surface area contributed by atoms with Gasteiger partial charge in [0.05, 0.1) is 5.75 Å². The maximum atomic E-state index is 12.5. The van der Waals surface area contributed by atoms with Gasteiger partial charge in [-0.15, -0.1) is 10.2 Å². The van der Waals surface area contributed by atoms with Crippen molar-refractivity contribution in [2.75, 3.05) is 18.8 Å². The molecular weight excluding hydrogens is 392 g/mol. The molecule has 0 saturated carbocycles. The van der Waals surface area contributed by atoms with Crippen LogP contribution in [0.5, 0.6) is 0 Å². The maximum absolute atomic E-state index is 12.5. The summed E-state index contributed by atoms with van der Waals surface area (Å²) >= 11 is 1.46. The van der Waals surface area contributed by atoms with E-state index in [1.54, 1.807) is 0 Å². The number of carbonyl (C=O) groups excluding carboxylic acids is 1. The zero-order valence-corrected chi connectivity index (χ0v) is 19.1. The lowest BCUT2D eigenvalue weighted by atomic mass is 10.1. The van der Waals surface area contributed by atoms with Crippen molar-refractivity contribution >= 4 is 17.7 Å². The number of nitrogens with zero attached hydrogens (tertiary/aromatic N) is 4. The van der Waals surface area contributed by atoms with Gasteiger partial charge in [-0.1, -0.05) is 48.2 Å². The van der Waals surface area contributed by atoms with E-state index in [1.165, 1.54) is 28.5 Å². The smallest absolute Gasteiger partial charge is 0.233 e. The topological polar surface area (TPSA) is 51.0 Å². The minimum atomic E-state index is 0.130. The summed E-state index contributed by atoms with van der Waals surface area (Å²) < 4.78 is 2.11. The lowest BCUT2D eigenvalue weighted by Gasteiger charge is -2.18. The quantitative estimate of drug-likeness (QED) is 0.472. The first kappa shape index (κ1) is 22.1. The molecule has 0 fully saturated rings. The highest BCUT2D eigenvalue weighted by atomic mass is 32.2. The highest BCUT2D eigenvalue weighted by molar-refractivity contribution is 7.99. The Morgan fingerprint density at radius 3 is 2.37 bits per heavy atom. The Labute approximate surface area is 183 Å². The van der Waals surface area contributed by atoms with E-state index < -0.39 is 0 Å². The number of amides is 1. The van der Waals surface area contributed by atoms with Crippen molar-refractivity contribution in [1.82, 2.24) is 19.7 Å². The zero-order chi connectivity index (χ0) is 21.5. The molecule has 3 aromatic rings. The van der Waals surface area contributed by atoms with Crippen LogP contribution in [0.3, 0.4) is 0 Å². The molecule has 0 atom stereocenters. The first-order chi connectivity index (χ1) is 14.5. The van der Waals surface area contributed by atoms with Gasteiger partial charge in [-0.05, 0) is 62.9 Å². The van der Waals surface area contributed by atoms with E-state index in [9.17, 15) is 4.79 Å². The molecule has 0 unspecified atom stereocenters. The van der Waals surface area contributed by atoms with Crippen molar-refractivity contribution in [2.45, 2.75) is 45.7 Å². The largest absolute Gasteiger partial charge is 0.343 e. The van der Waals surface area contributed by atoms with E-state index in [0.29, 0.717) is 5.75 Å². The van der Waals surface area contributed by atoms with Gasteiger partial charge < -0.3 is 4.90 Å². The minimum Gasteiger partial charge on any atom is -0.343 e. The molecule has 2 aromatic carbocycles. The molecule has 3 rings (SSSR count). The molecule has 0 spiro atoms. The van der Waals surface area contributed by atoms with Crippen LogP contribution in [0, 0.1) is 13.8 Å². The van der Waals surface area contributed by atoms with Gasteiger partial charge in [-0.3, -0.25) is 9.36 Å². The van der Waals surface area contributed by atoms with Gasteiger partial charge in [0.25, 0.3) is 0 Å². The maximum Gasteiger partial charge on any atom is 0.233 e. The monoisotopic (exact) mass is 422 g/mol. The van der Waals surface area contributed by atoms with Gasteiger partial charge >= 0.3 is 0 Å². The molecule has 158 valence electrons. The number of hydrogen-bond donors (Lipinski definition) is 0. The fraction of sp³-hybridized carbons (Fsp3) is 0.375. The molecule has 0 radical (unpaired) electrons. The molecule has 30 heavy (non-hydrogen) atoms.